The van der Waals surface area contributed by atoms with E-state index < -0.39 is 5.43 Å². The molecule has 18 atom stereocenters. The van der Waals surface area contributed by atoms with Crippen LogP contribution in [0.25, 0.3) is 0 Å². The number of ether oxygens (including phenoxy) is 6. The number of nitrogens with one attached hydrogen (secondary N) is 1. The standard InChI is InChI=1S/C38H66N2O4.C28H45ClO2.C10H22N2O2/c1-27(2)10-9-11-28(3)33-14-15-34-32-13-12-29-24-30(16-18-37(29,4)35(32)17-19-38(33,34)5)44-36(41)39-20-23-43-31(26-42-6)25-40-21-7-8-22-40;1-18(2)7-6-8-19(3)23-11-12-24-22-10-9-20-17-21(31-26(29)30)13-15-27(20,4)25(22)14-16-28(23,24)5;1-13-9-10(14-7-4-11)8-12-5-2-3-6-12/h12,27-28,30-35H,7-11,13-26H2,1-6H3,(H,39,41);9,18-19,21-25H,6-8,10-17H2,1-5H3;10H,2-9,11H2,1H3/t28-,30+,31?,32+,33-,34+,35+,37+,38-;19-,21+,22+,23-,24+,25+,27+,28-;/m11./s1. The maximum absolute atomic E-state index is 12.7. The van der Waals surface area contributed by atoms with Gasteiger partial charge in [-0.3, -0.25) is 0 Å². The van der Waals surface area contributed by atoms with Gasteiger partial charge in [0.25, 0.3) is 0 Å². The van der Waals surface area contributed by atoms with Crippen LogP contribution >= 0.6 is 11.6 Å². The molecule has 10 rings (SSSR count). The summed E-state index contributed by atoms with van der Waals surface area (Å²) < 4.78 is 33.5. The average molecular weight is 1270 g/mol. The van der Waals surface area contributed by atoms with Gasteiger partial charge in [-0.05, 0) is 234 Å². The van der Waals surface area contributed by atoms with Crippen molar-refractivity contribution in [3.8, 4) is 0 Å². The number of rotatable bonds is 27. The SMILES string of the molecule is CC(C)CCC[C@@H](C)[C@H]1CC[C@H]2[C@@H]3CC=C4C[C@@H](OC(=O)Cl)CC[C@]4(C)[C@H]3CC[C@]12C.COCC(CN1CCCC1)OCCN.COCC(CN1CCCC1)OCCNC(=O)O[C@H]1CC[C@@]2(C)C(=CC[C@H]3[C@@H]4CC[C@H]([C@H](C)CCCC(C)C)[C@@]4(C)CC[C@@H]32)C1. The van der Waals surface area contributed by atoms with Crippen molar-refractivity contribution in [2.24, 2.45) is 98.4 Å². The molecule has 1 amide bonds. The molecule has 512 valence electrons. The Morgan fingerprint density at radius 3 is 1.44 bits per heavy atom. The van der Waals surface area contributed by atoms with Gasteiger partial charge in [-0.2, -0.15) is 0 Å². The number of allylic oxidation sites excluding steroid dienone is 2. The van der Waals surface area contributed by atoms with Crippen LogP contribution in [-0.4, -0.2) is 139 Å². The van der Waals surface area contributed by atoms with Gasteiger partial charge in [-0.25, -0.2) is 9.59 Å². The average Bonchev–Trinajstić information content (AvgIpc) is 1.90. The van der Waals surface area contributed by atoms with Gasteiger partial charge < -0.3 is 49.3 Å². The number of alkyl carbamates (subject to hydrolysis) is 1. The smallest absolute Gasteiger partial charge is 0.407 e. The van der Waals surface area contributed by atoms with Crippen molar-refractivity contribution in [2.45, 2.75) is 261 Å². The zero-order valence-electron chi connectivity index (χ0n) is 58.9. The summed E-state index contributed by atoms with van der Waals surface area (Å²) in [5.41, 5.74) is 9.56. The minimum Gasteiger partial charge on any atom is -0.450 e. The van der Waals surface area contributed by atoms with Crippen LogP contribution in [-0.2, 0) is 28.4 Å². The predicted molar refractivity (Wildman–Crippen MR) is 364 cm³/mol. The van der Waals surface area contributed by atoms with Crippen LogP contribution in [0, 0.1) is 92.7 Å². The van der Waals surface area contributed by atoms with Crippen molar-refractivity contribution >= 4 is 23.1 Å². The number of amides is 1. The van der Waals surface area contributed by atoms with E-state index in [-0.39, 0.29) is 35.9 Å². The van der Waals surface area contributed by atoms with E-state index in [4.69, 9.17) is 45.8 Å². The predicted octanol–water partition coefficient (Wildman–Crippen LogP) is 17.1. The summed E-state index contributed by atoms with van der Waals surface area (Å²) >= 11 is 5.51. The summed E-state index contributed by atoms with van der Waals surface area (Å²) in [7, 11) is 3.43. The second-order valence-corrected chi connectivity index (χ2v) is 33.0. The van der Waals surface area contributed by atoms with Crippen molar-refractivity contribution in [3.05, 3.63) is 23.3 Å². The van der Waals surface area contributed by atoms with E-state index in [0.717, 1.165) is 136 Å². The van der Waals surface area contributed by atoms with E-state index in [1.165, 1.54) is 142 Å². The summed E-state index contributed by atoms with van der Waals surface area (Å²) in [6, 6.07) is 0. The largest absolute Gasteiger partial charge is 0.450 e. The number of carbonyl (C=O) groups excluding carboxylic acids is 2. The minimum absolute atomic E-state index is 0.0143. The van der Waals surface area contributed by atoms with E-state index in [9.17, 15) is 9.59 Å². The van der Waals surface area contributed by atoms with E-state index in [2.05, 4.69) is 96.5 Å². The Labute approximate surface area is 548 Å². The number of hydrogen-bond acceptors (Lipinski definition) is 11. The lowest BCUT2D eigenvalue weighted by molar-refractivity contribution is -0.0582. The van der Waals surface area contributed by atoms with Crippen molar-refractivity contribution in [1.82, 2.24) is 15.1 Å². The number of nitrogens with two attached hydrogens (primary N) is 1. The Hall–Kier alpha value is -1.77. The van der Waals surface area contributed by atoms with E-state index in [0.29, 0.717) is 55.8 Å². The first kappa shape index (κ1) is 73.0. The number of carbonyl (C=O) groups is 2. The van der Waals surface area contributed by atoms with Crippen LogP contribution in [0.1, 0.15) is 236 Å². The fourth-order valence-electron chi connectivity index (χ4n) is 21.6. The van der Waals surface area contributed by atoms with Gasteiger partial charge in [0.05, 0.1) is 38.6 Å². The summed E-state index contributed by atoms with van der Waals surface area (Å²) in [6.45, 7) is 35.0. The lowest BCUT2D eigenvalue weighted by Gasteiger charge is -2.58. The van der Waals surface area contributed by atoms with Gasteiger partial charge in [-0.15, -0.1) is 0 Å². The molecule has 12 nitrogen and oxygen atoms in total. The molecule has 0 bridgehead atoms. The Bertz CT molecular complexity index is 2220. The highest BCUT2D eigenvalue weighted by Crippen LogP contribution is 2.69. The molecule has 8 fully saturated rings. The van der Waals surface area contributed by atoms with Crippen LogP contribution in [0.4, 0.5) is 9.59 Å². The summed E-state index contributed by atoms with van der Waals surface area (Å²) in [4.78, 5) is 28.9. The molecule has 2 heterocycles. The number of halogens is 1. The third kappa shape index (κ3) is 18.6. The molecule has 0 spiro atoms. The maximum atomic E-state index is 12.7. The molecule has 13 heteroatoms. The molecule has 2 unspecified atom stereocenters. The molecule has 2 saturated heterocycles. The highest BCUT2D eigenvalue weighted by atomic mass is 35.5. The van der Waals surface area contributed by atoms with Crippen LogP contribution < -0.4 is 11.1 Å². The molecule has 0 radical (unpaired) electrons. The van der Waals surface area contributed by atoms with Gasteiger partial charge in [0.1, 0.15) is 12.2 Å². The zero-order valence-corrected chi connectivity index (χ0v) is 59.6. The van der Waals surface area contributed by atoms with Crippen LogP contribution in [0.3, 0.4) is 0 Å². The summed E-state index contributed by atoms with van der Waals surface area (Å²) in [6.07, 6.45) is 38.5. The molecule has 2 aliphatic heterocycles. The summed E-state index contributed by atoms with van der Waals surface area (Å²) in [5.74, 6) is 10.3. The molecule has 8 aliphatic carbocycles. The van der Waals surface area contributed by atoms with Crippen molar-refractivity contribution < 1.29 is 38.0 Å². The fourth-order valence-corrected chi connectivity index (χ4v) is 21.8. The number of likely N-dealkylation sites (tertiary alicyclic amines) is 2. The minimum atomic E-state index is -0.643. The quantitative estimate of drug-likeness (QED) is 0.0462. The second kappa shape index (κ2) is 34.3. The Kier molecular flexibility index (Phi) is 28.1. The number of hydrogen-bond donors (Lipinski definition) is 2. The topological polar surface area (TPSA) is 134 Å². The monoisotopic (exact) mass is 1260 g/mol. The van der Waals surface area contributed by atoms with Crippen molar-refractivity contribution in [1.29, 1.82) is 0 Å². The van der Waals surface area contributed by atoms with Gasteiger partial charge in [-0.1, -0.05) is 131 Å². The fraction of sp³-hybridized carbons (Fsp3) is 0.921. The lowest BCUT2D eigenvalue weighted by atomic mass is 9.47. The highest BCUT2D eigenvalue weighted by Gasteiger charge is 2.61. The van der Waals surface area contributed by atoms with Gasteiger partial charge in [0.2, 0.25) is 0 Å². The Balaban J connectivity index is 0.000000196. The Morgan fingerprint density at radius 1 is 0.584 bits per heavy atom. The number of fused-ring (bicyclic) bond motifs is 10. The van der Waals surface area contributed by atoms with Gasteiger partial charge in [0, 0.05) is 64.8 Å². The molecule has 3 N–H and O–H groups in total. The number of nitrogens with zero attached hydrogens (tertiary/aromatic N) is 2. The van der Waals surface area contributed by atoms with Gasteiger partial charge >= 0.3 is 11.5 Å². The van der Waals surface area contributed by atoms with Crippen molar-refractivity contribution in [3.63, 3.8) is 0 Å². The molecule has 0 aromatic carbocycles. The van der Waals surface area contributed by atoms with Crippen LogP contribution in [0.2, 0.25) is 0 Å². The van der Waals surface area contributed by atoms with Crippen LogP contribution in [0.15, 0.2) is 23.3 Å². The molecule has 6 saturated carbocycles. The molecule has 89 heavy (non-hydrogen) atoms. The lowest BCUT2D eigenvalue weighted by Crippen LogP contribution is -2.51. The second-order valence-electron chi connectivity index (χ2n) is 32.7. The Morgan fingerprint density at radius 2 is 1.02 bits per heavy atom. The maximum Gasteiger partial charge on any atom is 0.407 e. The third-order valence-electron chi connectivity index (χ3n) is 26.3. The molecule has 0 aromatic heterocycles. The van der Waals surface area contributed by atoms with Crippen molar-refractivity contribution in [2.75, 3.05) is 93.0 Å². The molecular weight excluding hydrogens is 1130 g/mol. The molecular formula is C76H133ClN4O8. The van der Waals surface area contributed by atoms with Gasteiger partial charge in [0.15, 0.2) is 0 Å². The number of methoxy groups -OCH3 is 2. The highest BCUT2D eigenvalue weighted by molar-refractivity contribution is 6.61. The molecule has 10 aliphatic rings. The third-order valence-corrected chi connectivity index (χ3v) is 26.4. The first-order valence-corrected chi connectivity index (χ1v) is 37.6. The van der Waals surface area contributed by atoms with E-state index in [1.807, 2.05) is 0 Å². The first-order chi connectivity index (χ1) is 42.6. The van der Waals surface area contributed by atoms with Crippen LogP contribution in [0.5, 0.6) is 0 Å². The molecule has 0 aromatic rings. The van der Waals surface area contributed by atoms with E-state index in [1.54, 1.807) is 25.4 Å². The zero-order chi connectivity index (χ0) is 63.9. The normalized spacial score (nSPS) is 36.3. The first-order valence-electron chi connectivity index (χ1n) is 37.2. The van der Waals surface area contributed by atoms with E-state index >= 15 is 0 Å². The summed E-state index contributed by atoms with van der Waals surface area (Å²) in [5, 5.41) is 2.95.